The summed E-state index contributed by atoms with van der Waals surface area (Å²) in [6.07, 6.45) is -4.79. The molecular formula is C23H21ClF3NO3. The van der Waals surface area contributed by atoms with Gasteiger partial charge in [-0.1, -0.05) is 41.9 Å². The molecule has 0 unspecified atom stereocenters. The highest BCUT2D eigenvalue weighted by Gasteiger charge is 2.38. The lowest BCUT2D eigenvalue weighted by molar-refractivity contribution is -0.136. The number of Topliss-reactive ketones (excluding diaryl/α,β-unsaturated/α-hetero) is 1. The largest absolute Gasteiger partial charge is 0.461 e. The molecule has 0 radical (unpaired) electrons. The van der Waals surface area contributed by atoms with E-state index < -0.39 is 22.7 Å². The van der Waals surface area contributed by atoms with Crippen LogP contribution in [0.5, 0.6) is 0 Å². The van der Waals surface area contributed by atoms with E-state index in [2.05, 4.69) is 0 Å². The predicted molar refractivity (Wildman–Crippen MR) is 112 cm³/mol. The number of ether oxygens (including phenoxy) is 1. The molecule has 0 spiro atoms. The number of alkyl halides is 3. The maximum absolute atomic E-state index is 14.0. The summed E-state index contributed by atoms with van der Waals surface area (Å²) < 4.78 is 48.7. The van der Waals surface area contributed by atoms with Gasteiger partial charge in [0.1, 0.15) is 11.5 Å². The fourth-order valence-electron chi connectivity index (χ4n) is 3.68. The van der Waals surface area contributed by atoms with E-state index in [0.717, 1.165) is 5.56 Å². The molecule has 0 N–H and O–H groups in total. The number of carbonyl (C=O) groups excluding carboxylic acids is 2. The van der Waals surface area contributed by atoms with Gasteiger partial charge in [-0.15, -0.1) is 0 Å². The van der Waals surface area contributed by atoms with Gasteiger partial charge in [-0.2, -0.15) is 13.2 Å². The third-order valence-corrected chi connectivity index (χ3v) is 5.26. The summed E-state index contributed by atoms with van der Waals surface area (Å²) in [4.78, 5) is 24.5. The van der Waals surface area contributed by atoms with E-state index in [0.29, 0.717) is 0 Å². The molecule has 0 aliphatic heterocycles. The third-order valence-electron chi connectivity index (χ3n) is 4.94. The molecule has 0 amide bonds. The van der Waals surface area contributed by atoms with Crippen LogP contribution in [0.15, 0.2) is 42.5 Å². The van der Waals surface area contributed by atoms with Crippen LogP contribution in [-0.4, -0.2) is 22.9 Å². The lowest BCUT2D eigenvalue weighted by Crippen LogP contribution is -2.15. The predicted octanol–water partition coefficient (Wildman–Crippen LogP) is 6.06. The van der Waals surface area contributed by atoms with Gasteiger partial charge >= 0.3 is 12.1 Å². The molecule has 0 saturated heterocycles. The molecule has 164 valence electrons. The quantitative estimate of drug-likeness (QED) is 0.410. The number of benzene rings is 2. The van der Waals surface area contributed by atoms with Crippen LogP contribution in [0.25, 0.3) is 10.9 Å². The summed E-state index contributed by atoms with van der Waals surface area (Å²) in [5.41, 5.74) is 0.125. The Morgan fingerprint density at radius 1 is 1.10 bits per heavy atom. The van der Waals surface area contributed by atoms with Gasteiger partial charge in [0.2, 0.25) is 0 Å². The molecule has 0 saturated carbocycles. The summed E-state index contributed by atoms with van der Waals surface area (Å²) in [7, 11) is 0. The zero-order valence-corrected chi connectivity index (χ0v) is 17.8. The third kappa shape index (κ3) is 4.77. The first-order chi connectivity index (χ1) is 14.6. The van der Waals surface area contributed by atoms with Gasteiger partial charge in [-0.25, -0.2) is 4.79 Å². The number of hydrogen-bond acceptors (Lipinski definition) is 3. The number of aromatic nitrogens is 1. The van der Waals surface area contributed by atoms with E-state index in [4.69, 9.17) is 16.3 Å². The van der Waals surface area contributed by atoms with Crippen molar-refractivity contribution in [2.75, 3.05) is 6.61 Å². The molecule has 0 aliphatic carbocycles. The first kappa shape index (κ1) is 22.9. The van der Waals surface area contributed by atoms with Gasteiger partial charge < -0.3 is 14.1 Å². The van der Waals surface area contributed by atoms with Crippen molar-refractivity contribution in [2.24, 2.45) is 0 Å². The Labute approximate surface area is 182 Å². The minimum absolute atomic E-state index is 0.00900. The topological polar surface area (TPSA) is 48.3 Å². The molecule has 4 nitrogen and oxygen atoms in total. The van der Waals surface area contributed by atoms with Crippen LogP contribution in [0.1, 0.15) is 47.4 Å². The number of ketones is 1. The number of nitrogens with zero attached hydrogens (tertiary/aromatic N) is 1. The van der Waals surface area contributed by atoms with Crippen molar-refractivity contribution in [1.82, 2.24) is 4.57 Å². The minimum atomic E-state index is -4.74. The lowest BCUT2D eigenvalue weighted by Gasteiger charge is -2.13. The van der Waals surface area contributed by atoms with Crippen LogP contribution in [0.3, 0.4) is 0 Å². The Morgan fingerprint density at radius 2 is 1.77 bits per heavy atom. The van der Waals surface area contributed by atoms with Crippen molar-refractivity contribution in [1.29, 1.82) is 0 Å². The monoisotopic (exact) mass is 451 g/mol. The molecule has 0 aliphatic rings. The summed E-state index contributed by atoms with van der Waals surface area (Å²) in [6.45, 7) is 3.19. The number of rotatable bonds is 7. The Bertz CT molecular complexity index is 1120. The summed E-state index contributed by atoms with van der Waals surface area (Å²) in [6, 6.07) is 11.7. The fourth-order valence-corrected chi connectivity index (χ4v) is 3.95. The van der Waals surface area contributed by atoms with Gasteiger partial charge in [0.05, 0.1) is 17.2 Å². The molecule has 1 aromatic heterocycles. The van der Waals surface area contributed by atoms with Gasteiger partial charge in [0.25, 0.3) is 0 Å². The van der Waals surface area contributed by atoms with Crippen LogP contribution in [0.4, 0.5) is 13.2 Å². The average Bonchev–Trinajstić information content (AvgIpc) is 2.99. The highest BCUT2D eigenvalue weighted by molar-refractivity contribution is 6.32. The second kappa shape index (κ2) is 9.14. The van der Waals surface area contributed by atoms with E-state index in [-0.39, 0.29) is 53.9 Å². The number of esters is 1. The number of halogens is 4. The molecule has 8 heteroatoms. The van der Waals surface area contributed by atoms with Crippen LogP contribution in [-0.2, 0) is 28.7 Å². The van der Waals surface area contributed by atoms with Crippen LogP contribution in [0.2, 0.25) is 5.02 Å². The zero-order chi connectivity index (χ0) is 22.8. The van der Waals surface area contributed by atoms with Crippen LogP contribution >= 0.6 is 11.6 Å². The number of fused-ring (bicyclic) bond motifs is 1. The van der Waals surface area contributed by atoms with Crippen molar-refractivity contribution >= 4 is 34.3 Å². The molecule has 3 rings (SSSR count). The highest BCUT2D eigenvalue weighted by Crippen LogP contribution is 2.43. The van der Waals surface area contributed by atoms with Gasteiger partial charge in [-0.3, -0.25) is 0 Å². The molecule has 0 bridgehead atoms. The Balaban J connectivity index is 2.40. The van der Waals surface area contributed by atoms with Crippen molar-refractivity contribution in [3.05, 3.63) is 69.9 Å². The van der Waals surface area contributed by atoms with E-state index in [1.54, 1.807) is 19.1 Å². The molecule has 1 heterocycles. The zero-order valence-electron chi connectivity index (χ0n) is 17.1. The number of aryl methyl sites for hydroxylation is 1. The smallest absolute Gasteiger partial charge is 0.418 e. The van der Waals surface area contributed by atoms with Crippen LogP contribution in [0, 0.1) is 0 Å². The second-order valence-electron chi connectivity index (χ2n) is 7.14. The number of carbonyl (C=O) groups is 2. The van der Waals surface area contributed by atoms with Gasteiger partial charge in [0.15, 0.2) is 0 Å². The van der Waals surface area contributed by atoms with E-state index in [9.17, 15) is 22.8 Å². The Morgan fingerprint density at radius 3 is 2.35 bits per heavy atom. The minimum Gasteiger partial charge on any atom is -0.461 e. The van der Waals surface area contributed by atoms with Crippen molar-refractivity contribution in [2.45, 2.75) is 39.4 Å². The van der Waals surface area contributed by atoms with E-state index in [1.807, 2.05) is 18.2 Å². The Kier molecular flexibility index (Phi) is 6.74. The summed E-state index contributed by atoms with van der Waals surface area (Å²) >= 11 is 5.97. The average molecular weight is 452 g/mol. The van der Waals surface area contributed by atoms with Crippen molar-refractivity contribution in [3.63, 3.8) is 0 Å². The summed E-state index contributed by atoms with van der Waals surface area (Å²) in [5, 5.41) is -0.628. The Hall–Kier alpha value is -2.80. The molecule has 31 heavy (non-hydrogen) atoms. The number of hydrogen-bond donors (Lipinski definition) is 0. The molecule has 0 fully saturated rings. The standard InChI is InChI=1S/C23H21ClF3NO3/c1-3-31-22(30)21-16(10-9-14(2)29)19-18(12-11-17(24)20(19)23(25,26)27)28(21)13-15-7-5-4-6-8-15/h4-8,11-12H,3,9-10,13H2,1-2H3. The molecule has 0 atom stereocenters. The first-order valence-corrected chi connectivity index (χ1v) is 10.1. The highest BCUT2D eigenvalue weighted by atomic mass is 35.5. The van der Waals surface area contributed by atoms with Gasteiger partial charge in [0, 0.05) is 23.9 Å². The molecular weight excluding hydrogens is 431 g/mol. The maximum atomic E-state index is 14.0. The van der Waals surface area contributed by atoms with Crippen molar-refractivity contribution < 1.29 is 27.5 Å². The molecule has 2 aromatic carbocycles. The van der Waals surface area contributed by atoms with Gasteiger partial charge in [-0.05, 0) is 43.5 Å². The van der Waals surface area contributed by atoms with Crippen LogP contribution < -0.4 is 0 Å². The van der Waals surface area contributed by atoms with E-state index >= 15 is 0 Å². The first-order valence-electron chi connectivity index (χ1n) is 9.76. The fraction of sp³-hybridized carbons (Fsp3) is 0.304. The lowest BCUT2D eigenvalue weighted by atomic mass is 9.99. The normalized spacial score (nSPS) is 11.7. The molecule has 3 aromatic rings. The van der Waals surface area contributed by atoms with E-state index in [1.165, 1.54) is 23.6 Å². The SMILES string of the molecule is CCOC(=O)c1c(CCC(C)=O)c2c(C(F)(F)F)c(Cl)ccc2n1Cc1ccccc1. The summed E-state index contributed by atoms with van der Waals surface area (Å²) in [5.74, 6) is -0.938. The second-order valence-corrected chi connectivity index (χ2v) is 7.54. The maximum Gasteiger partial charge on any atom is 0.418 e. The van der Waals surface area contributed by atoms with Crippen molar-refractivity contribution in [3.8, 4) is 0 Å².